The number of aliphatic hydroxyl groups excluding tert-OH is 1. The molecule has 0 amide bonds. The minimum Gasteiger partial charge on any atom is -0.481 e. The average molecular weight is 377 g/mol. The lowest BCUT2D eigenvalue weighted by Gasteiger charge is -2.60. The van der Waals surface area contributed by atoms with Crippen LogP contribution in [0.3, 0.4) is 0 Å². The number of carboxylic acids is 1. The van der Waals surface area contributed by atoms with E-state index in [0.29, 0.717) is 35.9 Å². The molecule has 4 heteroatoms. The number of rotatable bonds is 3. The van der Waals surface area contributed by atoms with Crippen LogP contribution in [0, 0.1) is 46.3 Å². The maximum atomic E-state index is 13.5. The molecule has 4 saturated carbocycles. The Kier molecular flexibility index (Phi) is 4.73. The molecule has 0 saturated heterocycles. The summed E-state index contributed by atoms with van der Waals surface area (Å²) in [6.07, 6.45) is 8.00. The fraction of sp³-hybridized carbons (Fsp3) is 0.913. The molecule has 27 heavy (non-hydrogen) atoms. The van der Waals surface area contributed by atoms with Gasteiger partial charge in [-0.05, 0) is 85.9 Å². The lowest BCUT2D eigenvalue weighted by molar-refractivity contribution is -0.161. The Balaban J connectivity index is 1.61. The van der Waals surface area contributed by atoms with Gasteiger partial charge in [0.1, 0.15) is 5.78 Å². The maximum Gasteiger partial charge on any atom is 0.303 e. The Morgan fingerprint density at radius 2 is 1.89 bits per heavy atom. The van der Waals surface area contributed by atoms with E-state index in [2.05, 4.69) is 13.8 Å². The number of ketones is 1. The quantitative estimate of drug-likeness (QED) is 0.770. The molecule has 0 heterocycles. The molecule has 9 unspecified atom stereocenters. The topological polar surface area (TPSA) is 74.6 Å². The van der Waals surface area contributed by atoms with Gasteiger partial charge < -0.3 is 10.2 Å². The molecule has 4 aliphatic carbocycles. The lowest BCUT2D eigenvalue weighted by atomic mass is 9.44. The number of carbonyl (C=O) groups is 2. The van der Waals surface area contributed by atoms with Crippen molar-refractivity contribution in [3.8, 4) is 0 Å². The van der Waals surface area contributed by atoms with E-state index >= 15 is 0 Å². The molecule has 4 nitrogen and oxygen atoms in total. The van der Waals surface area contributed by atoms with E-state index in [1.807, 2.05) is 6.92 Å². The minimum absolute atomic E-state index is 0.0646. The van der Waals surface area contributed by atoms with Crippen molar-refractivity contribution < 1.29 is 19.8 Å². The van der Waals surface area contributed by atoms with Crippen molar-refractivity contribution in [3.63, 3.8) is 0 Å². The first kappa shape index (κ1) is 19.4. The predicted molar refractivity (Wildman–Crippen MR) is 103 cm³/mol. The third-order valence-corrected chi connectivity index (χ3v) is 9.75. The molecule has 0 bridgehead atoms. The molecule has 9 atom stereocenters. The normalized spacial score (nSPS) is 50.4. The van der Waals surface area contributed by atoms with E-state index in [1.54, 1.807) is 0 Å². The molecule has 0 radical (unpaired) electrons. The van der Waals surface area contributed by atoms with Gasteiger partial charge in [-0.2, -0.15) is 0 Å². The summed E-state index contributed by atoms with van der Waals surface area (Å²) in [5, 5.41) is 19.4. The van der Waals surface area contributed by atoms with Crippen LogP contribution in [0.1, 0.15) is 78.6 Å². The largest absolute Gasteiger partial charge is 0.481 e. The standard InChI is InChI=1S/C23H36O4/c1-13(10-21(26)27)17-6-7-18-16-5-4-14-11-15(24)8-9-22(14,2)19(16)12-20(25)23(17,18)3/h13-19,24H,4-12H2,1-3H3,(H,26,27). The summed E-state index contributed by atoms with van der Waals surface area (Å²) in [5.41, 5.74) is -0.128. The smallest absolute Gasteiger partial charge is 0.303 e. The summed E-state index contributed by atoms with van der Waals surface area (Å²) in [5.74, 6) is 1.98. The van der Waals surface area contributed by atoms with Crippen LogP contribution in [0.15, 0.2) is 0 Å². The molecule has 0 aromatic carbocycles. The van der Waals surface area contributed by atoms with Crippen LogP contribution in [0.25, 0.3) is 0 Å². The van der Waals surface area contributed by atoms with Crippen molar-refractivity contribution in [2.45, 2.75) is 84.7 Å². The molecular formula is C23H36O4. The fourth-order valence-corrected chi connectivity index (χ4v) is 8.30. The van der Waals surface area contributed by atoms with E-state index in [1.165, 1.54) is 12.8 Å². The molecule has 0 aliphatic heterocycles. The highest BCUT2D eigenvalue weighted by Gasteiger charge is 2.63. The van der Waals surface area contributed by atoms with Crippen LogP contribution < -0.4 is 0 Å². The maximum absolute atomic E-state index is 13.5. The summed E-state index contributed by atoms with van der Waals surface area (Å²) < 4.78 is 0. The second kappa shape index (κ2) is 6.57. The Bertz CT molecular complexity index is 630. The van der Waals surface area contributed by atoms with Gasteiger partial charge in [0.05, 0.1) is 6.10 Å². The van der Waals surface area contributed by atoms with Gasteiger partial charge in [0.25, 0.3) is 0 Å². The van der Waals surface area contributed by atoms with E-state index in [-0.39, 0.29) is 35.2 Å². The van der Waals surface area contributed by atoms with Crippen LogP contribution in [0.5, 0.6) is 0 Å². The van der Waals surface area contributed by atoms with Crippen molar-refractivity contribution >= 4 is 11.8 Å². The first-order valence-electron chi connectivity index (χ1n) is 11.1. The summed E-state index contributed by atoms with van der Waals surface area (Å²) in [7, 11) is 0. The number of carboxylic acid groups (broad SMARTS) is 1. The third-order valence-electron chi connectivity index (χ3n) is 9.75. The molecule has 2 N–H and O–H groups in total. The van der Waals surface area contributed by atoms with Crippen LogP contribution in [-0.4, -0.2) is 28.1 Å². The summed E-state index contributed by atoms with van der Waals surface area (Å²) in [6.45, 7) is 6.60. The average Bonchev–Trinajstić information content (AvgIpc) is 2.95. The Morgan fingerprint density at radius 1 is 1.15 bits per heavy atom. The van der Waals surface area contributed by atoms with Crippen LogP contribution in [0.4, 0.5) is 0 Å². The van der Waals surface area contributed by atoms with Gasteiger partial charge in [-0.3, -0.25) is 9.59 Å². The molecule has 0 spiro atoms. The highest BCUT2D eigenvalue weighted by molar-refractivity contribution is 5.87. The third kappa shape index (κ3) is 2.81. The van der Waals surface area contributed by atoms with Crippen LogP contribution in [0.2, 0.25) is 0 Å². The second-order valence-electron chi connectivity index (χ2n) is 10.8. The number of Topliss-reactive ketones (excluding diaryl/α,β-unsaturated/α-hetero) is 1. The number of aliphatic carboxylic acids is 1. The van der Waals surface area contributed by atoms with Crippen molar-refractivity contribution in [1.29, 1.82) is 0 Å². The fourth-order valence-electron chi connectivity index (χ4n) is 8.30. The number of carbonyl (C=O) groups excluding carboxylic acids is 1. The van der Waals surface area contributed by atoms with Crippen molar-refractivity contribution in [1.82, 2.24) is 0 Å². The van der Waals surface area contributed by atoms with E-state index in [4.69, 9.17) is 0 Å². The van der Waals surface area contributed by atoms with E-state index < -0.39 is 5.97 Å². The zero-order valence-electron chi connectivity index (χ0n) is 17.1. The number of aliphatic hydroxyl groups is 1. The highest BCUT2D eigenvalue weighted by Crippen LogP contribution is 2.67. The van der Waals surface area contributed by atoms with E-state index in [9.17, 15) is 19.8 Å². The lowest BCUT2D eigenvalue weighted by Crippen LogP contribution is -2.57. The molecular weight excluding hydrogens is 340 g/mol. The summed E-state index contributed by atoms with van der Waals surface area (Å²) in [6, 6.07) is 0. The van der Waals surface area contributed by atoms with Gasteiger partial charge in [-0.15, -0.1) is 0 Å². The molecule has 0 aromatic rings. The van der Waals surface area contributed by atoms with Gasteiger partial charge in [0, 0.05) is 18.3 Å². The molecule has 4 aliphatic rings. The van der Waals surface area contributed by atoms with Gasteiger partial charge in [0.15, 0.2) is 0 Å². The monoisotopic (exact) mass is 376 g/mol. The zero-order valence-corrected chi connectivity index (χ0v) is 17.1. The molecule has 0 aromatic heterocycles. The van der Waals surface area contributed by atoms with Gasteiger partial charge in [0.2, 0.25) is 0 Å². The second-order valence-corrected chi connectivity index (χ2v) is 10.8. The Labute approximate surface area is 163 Å². The SMILES string of the molecule is CC(CC(=O)O)C1CCC2C3CCC4CC(O)CCC4(C)C3CC(=O)C12C. The van der Waals surface area contributed by atoms with Crippen molar-refractivity contribution in [3.05, 3.63) is 0 Å². The van der Waals surface area contributed by atoms with Gasteiger partial charge in [-0.25, -0.2) is 0 Å². The van der Waals surface area contributed by atoms with Crippen LogP contribution >= 0.6 is 0 Å². The first-order chi connectivity index (χ1) is 12.7. The van der Waals surface area contributed by atoms with E-state index in [0.717, 1.165) is 32.1 Å². The van der Waals surface area contributed by atoms with Crippen molar-refractivity contribution in [2.75, 3.05) is 0 Å². The minimum atomic E-state index is -0.746. The number of hydrogen-bond acceptors (Lipinski definition) is 3. The Morgan fingerprint density at radius 3 is 2.59 bits per heavy atom. The molecule has 4 rings (SSSR count). The predicted octanol–water partition coefficient (Wildman–Crippen LogP) is 4.30. The highest BCUT2D eigenvalue weighted by atomic mass is 16.4. The number of hydrogen-bond donors (Lipinski definition) is 2. The first-order valence-corrected chi connectivity index (χ1v) is 11.1. The van der Waals surface area contributed by atoms with Gasteiger partial charge >= 0.3 is 5.97 Å². The number of fused-ring (bicyclic) bond motifs is 5. The Hall–Kier alpha value is -0.900. The zero-order chi connectivity index (χ0) is 19.6. The molecule has 4 fully saturated rings. The summed E-state index contributed by atoms with van der Waals surface area (Å²) >= 11 is 0. The summed E-state index contributed by atoms with van der Waals surface area (Å²) in [4.78, 5) is 24.8. The molecule has 152 valence electrons. The van der Waals surface area contributed by atoms with Crippen molar-refractivity contribution in [2.24, 2.45) is 46.3 Å². The van der Waals surface area contributed by atoms with Crippen LogP contribution in [-0.2, 0) is 9.59 Å². The van der Waals surface area contributed by atoms with Gasteiger partial charge in [-0.1, -0.05) is 20.8 Å².